The van der Waals surface area contributed by atoms with Gasteiger partial charge in [0.25, 0.3) is 0 Å². The van der Waals surface area contributed by atoms with Crippen LogP contribution in [0.2, 0.25) is 0 Å². The number of rotatable bonds is 3. The van der Waals surface area contributed by atoms with Crippen molar-refractivity contribution in [2.75, 3.05) is 0 Å². The van der Waals surface area contributed by atoms with Crippen LogP contribution in [0.5, 0.6) is 5.75 Å². The quantitative estimate of drug-likeness (QED) is 0.767. The van der Waals surface area contributed by atoms with E-state index in [1.165, 1.54) is 0 Å². The zero-order chi connectivity index (χ0) is 13.1. The lowest BCUT2D eigenvalue weighted by molar-refractivity contribution is -0.143. The average molecular weight is 249 g/mol. The fourth-order valence-electron chi connectivity index (χ4n) is 2.69. The van der Waals surface area contributed by atoms with Crippen LogP contribution in [0, 0.1) is 11.8 Å². The van der Waals surface area contributed by atoms with Gasteiger partial charge < -0.3 is 15.9 Å². The zero-order valence-corrected chi connectivity index (χ0v) is 10.2. The summed E-state index contributed by atoms with van der Waals surface area (Å²) in [6.45, 7) is 0. The first-order valence-corrected chi connectivity index (χ1v) is 6.35. The lowest BCUT2D eigenvalue weighted by Crippen LogP contribution is -2.28. The summed E-state index contributed by atoms with van der Waals surface area (Å²) in [5.74, 6) is -0.314. The molecule has 0 bridgehead atoms. The molecule has 4 heteroatoms. The van der Waals surface area contributed by atoms with E-state index in [2.05, 4.69) is 0 Å². The van der Waals surface area contributed by atoms with Crippen LogP contribution in [-0.4, -0.2) is 16.2 Å². The van der Waals surface area contributed by atoms with Crippen LogP contribution in [0.1, 0.15) is 37.3 Å². The Kier molecular flexibility index (Phi) is 3.87. The number of phenolic OH excluding ortho intramolecular Hbond substituents is 1. The van der Waals surface area contributed by atoms with E-state index in [1.54, 1.807) is 12.1 Å². The third-order valence-electron chi connectivity index (χ3n) is 3.91. The predicted molar refractivity (Wildman–Crippen MR) is 68.1 cm³/mol. The molecule has 0 spiro atoms. The lowest BCUT2D eigenvalue weighted by atomic mass is 9.77. The van der Waals surface area contributed by atoms with Crippen LogP contribution in [0.4, 0.5) is 0 Å². The van der Waals surface area contributed by atoms with Crippen molar-refractivity contribution in [3.8, 4) is 5.75 Å². The van der Waals surface area contributed by atoms with Gasteiger partial charge in [-0.15, -0.1) is 0 Å². The predicted octanol–water partition coefficient (Wildman–Crippen LogP) is 2.28. The number of nitrogens with two attached hydrogens (primary N) is 1. The van der Waals surface area contributed by atoms with Crippen molar-refractivity contribution >= 4 is 5.97 Å². The van der Waals surface area contributed by atoms with E-state index in [9.17, 15) is 9.90 Å². The van der Waals surface area contributed by atoms with E-state index in [-0.39, 0.29) is 17.7 Å². The van der Waals surface area contributed by atoms with Crippen LogP contribution in [0.15, 0.2) is 24.3 Å². The second-order valence-corrected chi connectivity index (χ2v) is 5.07. The second kappa shape index (κ2) is 5.40. The van der Waals surface area contributed by atoms with Crippen LogP contribution in [0.25, 0.3) is 0 Å². The van der Waals surface area contributed by atoms with Crippen LogP contribution in [-0.2, 0) is 4.79 Å². The van der Waals surface area contributed by atoms with Gasteiger partial charge >= 0.3 is 5.97 Å². The standard InChI is InChI=1S/C14H19NO3/c15-13(10-5-7-12(16)8-6-10)9-1-3-11(4-2-9)14(17)18/h5-9,11,13,16H,1-4,15H2,(H,17,18). The highest BCUT2D eigenvalue weighted by Crippen LogP contribution is 2.36. The van der Waals surface area contributed by atoms with E-state index in [0.29, 0.717) is 18.8 Å². The molecular weight excluding hydrogens is 230 g/mol. The van der Waals surface area contributed by atoms with Crippen molar-refractivity contribution < 1.29 is 15.0 Å². The van der Waals surface area contributed by atoms with Crippen molar-refractivity contribution in [2.45, 2.75) is 31.7 Å². The molecule has 1 aliphatic rings. The molecule has 18 heavy (non-hydrogen) atoms. The van der Waals surface area contributed by atoms with Gasteiger partial charge in [0, 0.05) is 6.04 Å². The highest BCUT2D eigenvalue weighted by molar-refractivity contribution is 5.70. The molecule has 1 fully saturated rings. The Morgan fingerprint density at radius 3 is 2.22 bits per heavy atom. The van der Waals surface area contributed by atoms with E-state index >= 15 is 0 Å². The van der Waals surface area contributed by atoms with Crippen molar-refractivity contribution in [2.24, 2.45) is 17.6 Å². The maximum Gasteiger partial charge on any atom is 0.306 e. The van der Waals surface area contributed by atoms with Gasteiger partial charge in [0.2, 0.25) is 0 Å². The van der Waals surface area contributed by atoms with E-state index in [0.717, 1.165) is 18.4 Å². The molecule has 0 heterocycles. The number of carboxylic acid groups (broad SMARTS) is 1. The molecule has 1 aromatic carbocycles. The van der Waals surface area contributed by atoms with Gasteiger partial charge in [0.05, 0.1) is 5.92 Å². The molecule has 4 nitrogen and oxygen atoms in total. The van der Waals surface area contributed by atoms with Gasteiger partial charge in [-0.1, -0.05) is 12.1 Å². The molecule has 2 rings (SSSR count). The Morgan fingerprint density at radius 1 is 1.17 bits per heavy atom. The van der Waals surface area contributed by atoms with E-state index in [1.807, 2.05) is 12.1 Å². The van der Waals surface area contributed by atoms with Crippen molar-refractivity contribution in [1.29, 1.82) is 0 Å². The summed E-state index contributed by atoms with van der Waals surface area (Å²) >= 11 is 0. The molecule has 0 aromatic heterocycles. The first-order chi connectivity index (χ1) is 8.58. The zero-order valence-electron chi connectivity index (χ0n) is 10.2. The third kappa shape index (κ3) is 2.82. The summed E-state index contributed by atoms with van der Waals surface area (Å²) in [5, 5.41) is 18.2. The molecule has 1 unspecified atom stereocenters. The van der Waals surface area contributed by atoms with Crippen molar-refractivity contribution in [3.05, 3.63) is 29.8 Å². The van der Waals surface area contributed by atoms with Crippen LogP contribution in [0.3, 0.4) is 0 Å². The number of hydrogen-bond acceptors (Lipinski definition) is 3. The van der Waals surface area contributed by atoms with E-state index in [4.69, 9.17) is 10.8 Å². The Morgan fingerprint density at radius 2 is 1.72 bits per heavy atom. The monoisotopic (exact) mass is 249 g/mol. The Bertz CT molecular complexity index is 408. The third-order valence-corrected chi connectivity index (χ3v) is 3.91. The normalized spacial score (nSPS) is 25.6. The summed E-state index contributed by atoms with van der Waals surface area (Å²) in [6.07, 6.45) is 3.15. The highest BCUT2D eigenvalue weighted by Gasteiger charge is 2.29. The molecule has 0 radical (unpaired) electrons. The molecular formula is C14H19NO3. The smallest absolute Gasteiger partial charge is 0.306 e. The van der Waals surface area contributed by atoms with Crippen LogP contribution >= 0.6 is 0 Å². The minimum Gasteiger partial charge on any atom is -0.508 e. The van der Waals surface area contributed by atoms with Crippen LogP contribution < -0.4 is 5.73 Å². The summed E-state index contributed by atoms with van der Waals surface area (Å²) in [5.41, 5.74) is 7.22. The molecule has 4 N–H and O–H groups in total. The van der Waals surface area contributed by atoms with E-state index < -0.39 is 5.97 Å². The molecule has 0 amide bonds. The lowest BCUT2D eigenvalue weighted by Gasteiger charge is -2.30. The average Bonchev–Trinajstić information content (AvgIpc) is 2.39. The summed E-state index contributed by atoms with van der Waals surface area (Å²) in [6, 6.07) is 6.88. The van der Waals surface area contributed by atoms with Gasteiger partial charge in [-0.2, -0.15) is 0 Å². The SMILES string of the molecule is NC(c1ccc(O)cc1)C1CCC(C(=O)O)CC1. The highest BCUT2D eigenvalue weighted by atomic mass is 16.4. The Hall–Kier alpha value is -1.55. The Balaban J connectivity index is 1.97. The molecule has 1 saturated carbocycles. The number of benzene rings is 1. The molecule has 0 aliphatic heterocycles. The molecule has 1 atom stereocenters. The van der Waals surface area contributed by atoms with Crippen molar-refractivity contribution in [3.63, 3.8) is 0 Å². The number of aliphatic carboxylic acids is 1. The minimum atomic E-state index is -0.688. The minimum absolute atomic E-state index is 0.0691. The second-order valence-electron chi connectivity index (χ2n) is 5.07. The first kappa shape index (κ1) is 12.9. The largest absolute Gasteiger partial charge is 0.508 e. The number of carbonyl (C=O) groups is 1. The van der Waals surface area contributed by atoms with Gasteiger partial charge in [-0.3, -0.25) is 4.79 Å². The molecule has 1 aliphatic carbocycles. The van der Waals surface area contributed by atoms with Gasteiger partial charge in [0.1, 0.15) is 5.75 Å². The maximum atomic E-state index is 10.9. The summed E-state index contributed by atoms with van der Waals surface area (Å²) in [7, 11) is 0. The Labute approximate surface area is 106 Å². The topological polar surface area (TPSA) is 83.5 Å². The molecule has 1 aromatic rings. The number of carboxylic acids is 1. The van der Waals surface area contributed by atoms with Gasteiger partial charge in [-0.05, 0) is 49.3 Å². The maximum absolute atomic E-state index is 10.9. The number of hydrogen-bond donors (Lipinski definition) is 3. The fourth-order valence-corrected chi connectivity index (χ4v) is 2.69. The van der Waals surface area contributed by atoms with Gasteiger partial charge in [0.15, 0.2) is 0 Å². The summed E-state index contributed by atoms with van der Waals surface area (Å²) in [4.78, 5) is 10.9. The molecule has 98 valence electrons. The van der Waals surface area contributed by atoms with Crippen molar-refractivity contribution in [1.82, 2.24) is 0 Å². The molecule has 0 saturated heterocycles. The number of phenols is 1. The summed E-state index contributed by atoms with van der Waals surface area (Å²) < 4.78 is 0. The first-order valence-electron chi connectivity index (χ1n) is 6.35. The van der Waals surface area contributed by atoms with Gasteiger partial charge in [-0.25, -0.2) is 0 Å². The number of aromatic hydroxyl groups is 1. The fraction of sp³-hybridized carbons (Fsp3) is 0.500.